The quantitative estimate of drug-likeness (QED) is 0.329. The zero-order chi connectivity index (χ0) is 28.6. The maximum atomic E-state index is 16.5. The zero-order valence-corrected chi connectivity index (χ0v) is 24.1. The Hall–Kier alpha value is -2.24. The molecule has 2 N–H and O–H groups in total. The van der Waals surface area contributed by atoms with Crippen LogP contribution in [-0.4, -0.2) is 76.6 Å². The Kier molecular flexibility index (Phi) is 6.86. The lowest BCUT2D eigenvalue weighted by atomic mass is 9.95. The molecule has 4 aliphatic rings. The van der Waals surface area contributed by atoms with Crippen LogP contribution in [-0.2, 0) is 0 Å². The van der Waals surface area contributed by atoms with Gasteiger partial charge in [-0.05, 0) is 44.4 Å². The standard InChI is InChI=1S/C28H27Cl3F3N5O2/c29-17-6-16-24(23(34)20(17)21-22(31)18(30)7-19(33)25(21)40)36-27(37-26(16)38-10-14-2-3-15(11-38)35-14)41-12-28-4-1-5-39(28)9-13(32)8-28/h6-7,13-15,35,40H,1-5,8-12H2/t13-,14-,15+,28+/m1/s1. The molecule has 4 fully saturated rings. The van der Waals surface area contributed by atoms with E-state index in [9.17, 15) is 13.9 Å². The van der Waals surface area contributed by atoms with Crippen molar-refractivity contribution in [1.82, 2.24) is 20.2 Å². The molecule has 2 aromatic carbocycles. The van der Waals surface area contributed by atoms with Crippen molar-refractivity contribution in [3.63, 3.8) is 0 Å². The maximum absolute atomic E-state index is 16.5. The summed E-state index contributed by atoms with van der Waals surface area (Å²) in [6.07, 6.45) is 3.21. The first-order valence-electron chi connectivity index (χ1n) is 13.7. The Morgan fingerprint density at radius 3 is 2.56 bits per heavy atom. The number of phenols is 1. The van der Waals surface area contributed by atoms with Crippen molar-refractivity contribution in [3.05, 3.63) is 38.8 Å². The molecule has 7 rings (SSSR count). The van der Waals surface area contributed by atoms with Gasteiger partial charge in [-0.3, -0.25) is 4.90 Å². The maximum Gasteiger partial charge on any atom is 0.319 e. The van der Waals surface area contributed by atoms with Crippen LogP contribution in [0.25, 0.3) is 22.0 Å². The van der Waals surface area contributed by atoms with Gasteiger partial charge < -0.3 is 20.1 Å². The number of halogens is 6. The molecule has 13 heteroatoms. The van der Waals surface area contributed by atoms with Gasteiger partial charge in [0.05, 0.1) is 26.2 Å². The van der Waals surface area contributed by atoms with Crippen LogP contribution in [0.2, 0.25) is 15.1 Å². The Morgan fingerprint density at radius 1 is 1.05 bits per heavy atom. The molecule has 4 atom stereocenters. The lowest BCUT2D eigenvalue weighted by Crippen LogP contribution is -2.51. The van der Waals surface area contributed by atoms with Gasteiger partial charge in [-0.15, -0.1) is 0 Å². The molecule has 0 saturated carbocycles. The van der Waals surface area contributed by atoms with E-state index in [1.807, 2.05) is 0 Å². The molecule has 0 unspecified atom stereocenters. The van der Waals surface area contributed by atoms with Gasteiger partial charge in [0.2, 0.25) is 0 Å². The zero-order valence-electron chi connectivity index (χ0n) is 21.9. The van der Waals surface area contributed by atoms with E-state index in [0.29, 0.717) is 37.3 Å². The summed E-state index contributed by atoms with van der Waals surface area (Å²) in [6, 6.07) is 2.81. The minimum atomic E-state index is -1.07. The van der Waals surface area contributed by atoms with Crippen LogP contribution < -0.4 is 15.0 Å². The van der Waals surface area contributed by atoms with E-state index in [4.69, 9.17) is 44.5 Å². The molecular formula is C28H27Cl3F3N5O2. The molecule has 218 valence electrons. The summed E-state index contributed by atoms with van der Waals surface area (Å²) in [5.41, 5.74) is -1.28. The van der Waals surface area contributed by atoms with Crippen LogP contribution in [0.15, 0.2) is 12.1 Å². The SMILES string of the molecule is Oc1c(F)cc(Cl)c(Cl)c1-c1c(Cl)cc2c(N3C[C@H]4CC[C@@H](C3)N4)nc(OC[C@@]34CCCN3C[C@H](F)C4)nc2c1F. The fraction of sp³-hybridized carbons (Fsp3) is 0.500. The molecule has 0 spiro atoms. The van der Waals surface area contributed by atoms with Gasteiger partial charge in [0.25, 0.3) is 0 Å². The third-order valence-electron chi connectivity index (χ3n) is 8.98. The Morgan fingerprint density at radius 2 is 1.80 bits per heavy atom. The average molecular weight is 629 g/mol. The van der Waals surface area contributed by atoms with Crippen molar-refractivity contribution < 1.29 is 23.0 Å². The van der Waals surface area contributed by atoms with E-state index in [1.165, 1.54) is 6.07 Å². The highest BCUT2D eigenvalue weighted by molar-refractivity contribution is 6.44. The highest BCUT2D eigenvalue weighted by Crippen LogP contribution is 2.48. The van der Waals surface area contributed by atoms with Gasteiger partial charge in [-0.2, -0.15) is 9.97 Å². The molecule has 4 saturated heterocycles. The highest BCUT2D eigenvalue weighted by Gasteiger charge is 2.49. The van der Waals surface area contributed by atoms with Crippen molar-refractivity contribution in [2.45, 2.75) is 55.9 Å². The number of ether oxygens (including phenoxy) is 1. The van der Waals surface area contributed by atoms with Gasteiger partial charge in [-0.1, -0.05) is 34.8 Å². The lowest BCUT2D eigenvalue weighted by Gasteiger charge is -2.34. The van der Waals surface area contributed by atoms with E-state index < -0.39 is 29.1 Å². The van der Waals surface area contributed by atoms with E-state index in [1.54, 1.807) is 0 Å². The van der Waals surface area contributed by atoms with Crippen molar-refractivity contribution in [3.8, 4) is 22.9 Å². The Bertz CT molecular complexity index is 1530. The summed E-state index contributed by atoms with van der Waals surface area (Å²) >= 11 is 19.0. The summed E-state index contributed by atoms with van der Waals surface area (Å²) in [5, 5.41) is 13.8. The topological polar surface area (TPSA) is 73.8 Å². The van der Waals surface area contributed by atoms with Gasteiger partial charge in [0, 0.05) is 49.1 Å². The van der Waals surface area contributed by atoms with Crippen LogP contribution in [0, 0.1) is 11.6 Å². The number of hydrogen-bond acceptors (Lipinski definition) is 7. The molecule has 0 aliphatic carbocycles. The fourth-order valence-corrected chi connectivity index (χ4v) is 7.84. The van der Waals surface area contributed by atoms with Crippen molar-refractivity contribution in [2.24, 2.45) is 0 Å². The van der Waals surface area contributed by atoms with Crippen LogP contribution in [0.4, 0.5) is 19.0 Å². The number of hydrogen-bond donors (Lipinski definition) is 2. The number of fused-ring (bicyclic) bond motifs is 4. The molecular weight excluding hydrogens is 602 g/mol. The minimum absolute atomic E-state index is 0.0540. The second-order valence-electron chi connectivity index (χ2n) is 11.6. The third-order valence-corrected chi connectivity index (χ3v) is 10.1. The van der Waals surface area contributed by atoms with Crippen LogP contribution in [0.3, 0.4) is 0 Å². The molecule has 3 aromatic rings. The molecule has 41 heavy (non-hydrogen) atoms. The third kappa shape index (κ3) is 4.57. The van der Waals surface area contributed by atoms with E-state index in [-0.39, 0.29) is 56.4 Å². The summed E-state index contributed by atoms with van der Waals surface area (Å²) in [6.45, 7) is 2.63. The van der Waals surface area contributed by atoms with Gasteiger partial charge in [0.15, 0.2) is 17.4 Å². The second kappa shape index (κ2) is 10.2. The predicted octanol–water partition coefficient (Wildman–Crippen LogP) is 6.14. The van der Waals surface area contributed by atoms with Gasteiger partial charge in [0.1, 0.15) is 24.1 Å². The van der Waals surface area contributed by atoms with Gasteiger partial charge in [-0.25, -0.2) is 13.2 Å². The predicted molar refractivity (Wildman–Crippen MR) is 152 cm³/mol. The molecule has 2 bridgehead atoms. The molecule has 0 radical (unpaired) electrons. The van der Waals surface area contributed by atoms with Crippen LogP contribution >= 0.6 is 34.8 Å². The number of anilines is 1. The molecule has 1 aromatic heterocycles. The van der Waals surface area contributed by atoms with Crippen LogP contribution in [0.5, 0.6) is 11.8 Å². The number of piperazine rings is 1. The molecule has 4 aliphatic heterocycles. The van der Waals surface area contributed by atoms with Crippen molar-refractivity contribution in [2.75, 3.05) is 37.7 Å². The Balaban J connectivity index is 1.37. The number of benzene rings is 2. The monoisotopic (exact) mass is 627 g/mol. The van der Waals surface area contributed by atoms with Crippen molar-refractivity contribution >= 4 is 51.5 Å². The normalized spacial score (nSPS) is 27.7. The lowest BCUT2D eigenvalue weighted by molar-refractivity contribution is 0.107. The minimum Gasteiger partial charge on any atom is -0.504 e. The summed E-state index contributed by atoms with van der Waals surface area (Å²) in [5.74, 6) is -2.43. The smallest absolute Gasteiger partial charge is 0.319 e. The van der Waals surface area contributed by atoms with Crippen molar-refractivity contribution in [1.29, 1.82) is 0 Å². The number of nitrogens with one attached hydrogen (secondary N) is 1. The van der Waals surface area contributed by atoms with E-state index in [0.717, 1.165) is 38.3 Å². The largest absolute Gasteiger partial charge is 0.504 e. The molecule has 0 amide bonds. The van der Waals surface area contributed by atoms with Crippen LogP contribution in [0.1, 0.15) is 32.1 Å². The van der Waals surface area contributed by atoms with Gasteiger partial charge >= 0.3 is 6.01 Å². The Labute approximate surface area is 249 Å². The summed E-state index contributed by atoms with van der Waals surface area (Å²) < 4.78 is 51.4. The first-order chi connectivity index (χ1) is 19.6. The fourth-order valence-electron chi connectivity index (χ4n) is 7.13. The number of rotatable bonds is 5. The molecule has 7 nitrogen and oxygen atoms in total. The highest BCUT2D eigenvalue weighted by atomic mass is 35.5. The number of phenolic OH excluding ortho intramolecular Hbond substituents is 1. The first kappa shape index (κ1) is 27.6. The average Bonchev–Trinajstić information content (AvgIpc) is 3.58. The first-order valence-corrected chi connectivity index (χ1v) is 14.9. The second-order valence-corrected chi connectivity index (χ2v) is 12.8. The van der Waals surface area contributed by atoms with E-state index >= 15 is 4.39 Å². The summed E-state index contributed by atoms with van der Waals surface area (Å²) in [4.78, 5) is 13.4. The number of alkyl halides is 1. The number of aromatic nitrogens is 2. The number of aromatic hydroxyl groups is 1. The molecule has 5 heterocycles. The number of nitrogens with zero attached hydrogens (tertiary/aromatic N) is 4. The summed E-state index contributed by atoms with van der Waals surface area (Å²) in [7, 11) is 0. The van der Waals surface area contributed by atoms with E-state index in [2.05, 4.69) is 20.1 Å².